The van der Waals surface area contributed by atoms with Crippen LogP contribution in [0.4, 0.5) is 0 Å². The molecular weight excluding hydrogens is 230 g/mol. The molecule has 0 radical (unpaired) electrons. The molecule has 0 bridgehead atoms. The van der Waals surface area contributed by atoms with Crippen molar-refractivity contribution in [2.75, 3.05) is 6.54 Å². The van der Waals surface area contributed by atoms with Gasteiger partial charge in [-0.15, -0.1) is 0 Å². The molecule has 0 aromatic heterocycles. The quantitative estimate of drug-likeness (QED) is 0.259. The average molecular weight is 257 g/mol. The van der Waals surface area contributed by atoms with Gasteiger partial charge in [-0.3, -0.25) is 0 Å². The first-order chi connectivity index (χ1) is 8.32. The SMILES string of the molecule is CCC(NCC1(O)CCC(C)(C)CC1)C(N)=NO. The number of hydrogen-bond acceptors (Lipinski definition) is 4. The molecule has 1 fully saturated rings. The van der Waals surface area contributed by atoms with E-state index in [9.17, 15) is 5.11 Å². The molecule has 1 atom stereocenters. The first-order valence-electron chi connectivity index (χ1n) is 6.75. The van der Waals surface area contributed by atoms with Gasteiger partial charge in [-0.2, -0.15) is 0 Å². The van der Waals surface area contributed by atoms with Crippen LogP contribution in [0.5, 0.6) is 0 Å². The van der Waals surface area contributed by atoms with E-state index in [1.165, 1.54) is 0 Å². The topological polar surface area (TPSA) is 90.9 Å². The van der Waals surface area contributed by atoms with Crippen LogP contribution in [0, 0.1) is 5.41 Å². The number of nitrogens with zero attached hydrogens (tertiary/aromatic N) is 1. The Morgan fingerprint density at radius 1 is 1.33 bits per heavy atom. The van der Waals surface area contributed by atoms with Crippen molar-refractivity contribution >= 4 is 5.84 Å². The van der Waals surface area contributed by atoms with Gasteiger partial charge in [0, 0.05) is 6.54 Å². The van der Waals surface area contributed by atoms with Crippen molar-refractivity contribution in [1.29, 1.82) is 0 Å². The van der Waals surface area contributed by atoms with E-state index in [0.717, 1.165) is 32.1 Å². The molecule has 106 valence electrons. The number of rotatable bonds is 5. The number of nitrogens with two attached hydrogens (primary N) is 1. The Balaban J connectivity index is 2.47. The molecule has 0 heterocycles. The Kier molecular flexibility index (Phi) is 4.99. The summed E-state index contributed by atoms with van der Waals surface area (Å²) in [5, 5.41) is 25.4. The van der Waals surface area contributed by atoms with Crippen LogP contribution in [0.25, 0.3) is 0 Å². The normalized spacial score (nSPS) is 24.8. The van der Waals surface area contributed by atoms with Crippen LogP contribution in [0.2, 0.25) is 0 Å². The Labute approximate surface area is 109 Å². The number of hydrogen-bond donors (Lipinski definition) is 4. The lowest BCUT2D eigenvalue weighted by atomic mass is 9.71. The zero-order chi connectivity index (χ0) is 13.8. The number of oxime groups is 1. The van der Waals surface area contributed by atoms with Gasteiger partial charge in [0.1, 0.15) is 0 Å². The zero-order valence-corrected chi connectivity index (χ0v) is 11.7. The summed E-state index contributed by atoms with van der Waals surface area (Å²) in [6, 6.07) is -0.172. The van der Waals surface area contributed by atoms with Gasteiger partial charge in [-0.05, 0) is 37.5 Å². The maximum absolute atomic E-state index is 10.5. The lowest BCUT2D eigenvalue weighted by Gasteiger charge is -2.40. The van der Waals surface area contributed by atoms with Crippen molar-refractivity contribution in [2.45, 2.75) is 64.5 Å². The molecule has 1 saturated carbocycles. The fourth-order valence-corrected chi connectivity index (χ4v) is 2.41. The second-order valence-corrected chi connectivity index (χ2v) is 6.26. The van der Waals surface area contributed by atoms with Crippen LogP contribution < -0.4 is 11.1 Å². The third kappa shape index (κ3) is 4.14. The van der Waals surface area contributed by atoms with Gasteiger partial charge in [-0.1, -0.05) is 25.9 Å². The van der Waals surface area contributed by atoms with Crippen LogP contribution in [0.3, 0.4) is 0 Å². The second-order valence-electron chi connectivity index (χ2n) is 6.26. The molecule has 0 saturated heterocycles. The molecule has 5 heteroatoms. The van der Waals surface area contributed by atoms with Crippen LogP contribution in [0.15, 0.2) is 5.16 Å². The first-order valence-corrected chi connectivity index (χ1v) is 6.75. The maximum Gasteiger partial charge on any atom is 0.156 e. The van der Waals surface area contributed by atoms with Gasteiger partial charge in [0.25, 0.3) is 0 Å². The van der Waals surface area contributed by atoms with Gasteiger partial charge < -0.3 is 21.4 Å². The van der Waals surface area contributed by atoms with Crippen LogP contribution >= 0.6 is 0 Å². The number of nitrogens with one attached hydrogen (secondary N) is 1. The molecule has 1 unspecified atom stereocenters. The van der Waals surface area contributed by atoms with E-state index in [1.807, 2.05) is 6.92 Å². The van der Waals surface area contributed by atoms with Crippen molar-refractivity contribution in [1.82, 2.24) is 5.32 Å². The lowest BCUT2D eigenvalue weighted by Crippen LogP contribution is -2.50. The molecule has 1 aliphatic rings. The predicted molar refractivity (Wildman–Crippen MR) is 72.7 cm³/mol. The van der Waals surface area contributed by atoms with Gasteiger partial charge >= 0.3 is 0 Å². The molecule has 1 aliphatic carbocycles. The van der Waals surface area contributed by atoms with Crippen molar-refractivity contribution in [3.8, 4) is 0 Å². The standard InChI is InChI=1S/C13H27N3O2/c1-4-10(11(14)16-18)15-9-13(17)7-5-12(2,3)6-8-13/h10,15,17-18H,4-9H2,1-3H3,(H2,14,16). The number of amidine groups is 1. The first kappa shape index (κ1) is 15.2. The minimum atomic E-state index is -0.654. The summed E-state index contributed by atoms with van der Waals surface area (Å²) in [5.41, 5.74) is 5.27. The molecule has 5 N–H and O–H groups in total. The smallest absolute Gasteiger partial charge is 0.156 e. The monoisotopic (exact) mass is 257 g/mol. The molecule has 0 amide bonds. The highest BCUT2D eigenvalue weighted by atomic mass is 16.4. The molecule has 0 aromatic carbocycles. The van der Waals surface area contributed by atoms with Crippen molar-refractivity contribution in [2.24, 2.45) is 16.3 Å². The summed E-state index contributed by atoms with van der Waals surface area (Å²) in [6.45, 7) is 6.94. The molecule has 0 aliphatic heterocycles. The molecule has 1 rings (SSSR count). The summed E-state index contributed by atoms with van der Waals surface area (Å²) < 4.78 is 0. The van der Waals surface area contributed by atoms with E-state index in [1.54, 1.807) is 0 Å². The Bertz CT molecular complexity index is 293. The lowest BCUT2D eigenvalue weighted by molar-refractivity contribution is -0.0250. The average Bonchev–Trinajstić information content (AvgIpc) is 2.34. The van der Waals surface area contributed by atoms with E-state index < -0.39 is 5.60 Å². The van der Waals surface area contributed by atoms with Crippen molar-refractivity contribution < 1.29 is 10.3 Å². The van der Waals surface area contributed by atoms with E-state index in [0.29, 0.717) is 12.0 Å². The summed E-state index contributed by atoms with van der Waals surface area (Å²) in [4.78, 5) is 0. The molecule has 18 heavy (non-hydrogen) atoms. The third-order valence-corrected chi connectivity index (χ3v) is 4.09. The summed E-state index contributed by atoms with van der Waals surface area (Å²) in [6.07, 6.45) is 4.41. The minimum absolute atomic E-state index is 0.172. The highest BCUT2D eigenvalue weighted by Gasteiger charge is 2.36. The van der Waals surface area contributed by atoms with Crippen LogP contribution in [0.1, 0.15) is 52.9 Å². The van der Waals surface area contributed by atoms with Gasteiger partial charge in [0.15, 0.2) is 5.84 Å². The van der Waals surface area contributed by atoms with E-state index in [2.05, 4.69) is 24.3 Å². The minimum Gasteiger partial charge on any atom is -0.409 e. The largest absolute Gasteiger partial charge is 0.409 e. The summed E-state index contributed by atoms with van der Waals surface area (Å²) >= 11 is 0. The fourth-order valence-electron chi connectivity index (χ4n) is 2.41. The van der Waals surface area contributed by atoms with Crippen molar-refractivity contribution in [3.05, 3.63) is 0 Å². The van der Waals surface area contributed by atoms with Gasteiger partial charge in [0.05, 0.1) is 11.6 Å². The summed E-state index contributed by atoms with van der Waals surface area (Å²) in [5.74, 6) is 0.178. The second kappa shape index (κ2) is 5.89. The highest BCUT2D eigenvalue weighted by molar-refractivity contribution is 5.85. The molecule has 0 aromatic rings. The van der Waals surface area contributed by atoms with E-state index in [-0.39, 0.29) is 11.9 Å². The Morgan fingerprint density at radius 3 is 2.33 bits per heavy atom. The number of aliphatic hydroxyl groups is 1. The maximum atomic E-state index is 10.5. The highest BCUT2D eigenvalue weighted by Crippen LogP contribution is 2.39. The molecule has 0 spiro atoms. The van der Waals surface area contributed by atoms with E-state index in [4.69, 9.17) is 10.9 Å². The predicted octanol–water partition coefficient (Wildman–Crippen LogP) is 1.43. The fraction of sp³-hybridized carbons (Fsp3) is 0.923. The Morgan fingerprint density at radius 2 is 1.89 bits per heavy atom. The van der Waals surface area contributed by atoms with Crippen molar-refractivity contribution in [3.63, 3.8) is 0 Å². The van der Waals surface area contributed by atoms with E-state index >= 15 is 0 Å². The van der Waals surface area contributed by atoms with Gasteiger partial charge in [-0.25, -0.2) is 0 Å². The third-order valence-electron chi connectivity index (χ3n) is 4.09. The molecule has 5 nitrogen and oxygen atoms in total. The van der Waals surface area contributed by atoms with Gasteiger partial charge in [0.2, 0.25) is 0 Å². The van der Waals surface area contributed by atoms with Crippen LogP contribution in [-0.2, 0) is 0 Å². The Hall–Kier alpha value is -0.810. The molecular formula is C13H27N3O2. The summed E-state index contributed by atoms with van der Waals surface area (Å²) in [7, 11) is 0. The van der Waals surface area contributed by atoms with Crippen LogP contribution in [-0.4, -0.2) is 34.3 Å². The zero-order valence-electron chi connectivity index (χ0n) is 11.7.